The second-order valence-electron chi connectivity index (χ2n) is 4.60. The summed E-state index contributed by atoms with van der Waals surface area (Å²) in [5.74, 6) is -1.70. The van der Waals surface area contributed by atoms with E-state index in [1.807, 2.05) is 0 Å². The molecule has 0 aromatic heterocycles. The third-order valence-corrected chi connectivity index (χ3v) is 3.08. The molecular formula is C13H13F2NO4. The summed E-state index contributed by atoms with van der Waals surface area (Å²) in [6.07, 6.45) is 0.546. The lowest BCUT2D eigenvalue weighted by Crippen LogP contribution is -2.43. The molecule has 0 radical (unpaired) electrons. The van der Waals surface area contributed by atoms with E-state index in [9.17, 15) is 18.4 Å². The number of para-hydroxylation sites is 1. The van der Waals surface area contributed by atoms with Gasteiger partial charge < -0.3 is 15.2 Å². The zero-order valence-electron chi connectivity index (χ0n) is 10.4. The molecule has 7 heteroatoms. The number of ether oxygens (including phenoxy) is 1. The summed E-state index contributed by atoms with van der Waals surface area (Å²) in [6, 6.07) is 5.92. The Kier molecular flexibility index (Phi) is 3.87. The Morgan fingerprint density at radius 1 is 1.35 bits per heavy atom. The second kappa shape index (κ2) is 5.44. The molecule has 1 aromatic carbocycles. The molecule has 2 N–H and O–H groups in total. The molecule has 1 saturated carbocycles. The van der Waals surface area contributed by atoms with Crippen LogP contribution in [0.4, 0.5) is 8.78 Å². The van der Waals surface area contributed by atoms with Crippen LogP contribution in [0.15, 0.2) is 24.3 Å². The Morgan fingerprint density at radius 2 is 2.00 bits per heavy atom. The fourth-order valence-electron chi connectivity index (χ4n) is 1.86. The molecule has 0 unspecified atom stereocenters. The number of hydrogen-bond donors (Lipinski definition) is 2. The third-order valence-electron chi connectivity index (χ3n) is 3.08. The van der Waals surface area contributed by atoms with Gasteiger partial charge in [0.15, 0.2) is 0 Å². The molecule has 108 valence electrons. The largest absolute Gasteiger partial charge is 0.480 e. The van der Waals surface area contributed by atoms with Crippen molar-refractivity contribution in [3.05, 3.63) is 29.8 Å². The van der Waals surface area contributed by atoms with Crippen molar-refractivity contribution in [1.82, 2.24) is 5.32 Å². The molecule has 2 rings (SSSR count). The summed E-state index contributed by atoms with van der Waals surface area (Å²) in [5, 5.41) is 11.4. The molecule has 1 amide bonds. The zero-order chi connectivity index (χ0) is 14.8. The van der Waals surface area contributed by atoms with Crippen molar-refractivity contribution in [1.29, 1.82) is 0 Å². The molecule has 5 nitrogen and oxygen atoms in total. The fourth-order valence-corrected chi connectivity index (χ4v) is 1.86. The third kappa shape index (κ3) is 3.23. The van der Waals surface area contributed by atoms with Crippen molar-refractivity contribution in [2.24, 2.45) is 0 Å². The Labute approximate surface area is 113 Å². The maximum Gasteiger partial charge on any atom is 0.387 e. The maximum absolute atomic E-state index is 12.2. The summed E-state index contributed by atoms with van der Waals surface area (Å²) in [4.78, 5) is 22.7. The Bertz CT molecular complexity index is 529. The standard InChI is InChI=1S/C13H13F2NO4/c14-12(15)20-9-4-2-1-3-8(9)7-10(17)16-13(5-6-13)11(18)19/h1-4,12H,5-7H2,(H,16,17)(H,18,19). The van der Waals surface area contributed by atoms with Gasteiger partial charge in [-0.25, -0.2) is 4.79 Å². The summed E-state index contributed by atoms with van der Waals surface area (Å²) in [7, 11) is 0. The number of carboxylic acid groups (broad SMARTS) is 1. The first-order valence-electron chi connectivity index (χ1n) is 6.00. The first-order valence-corrected chi connectivity index (χ1v) is 6.00. The van der Waals surface area contributed by atoms with E-state index in [4.69, 9.17) is 5.11 Å². The van der Waals surface area contributed by atoms with Crippen molar-refractivity contribution < 1.29 is 28.2 Å². The SMILES string of the molecule is O=C(Cc1ccccc1OC(F)F)NC1(C(=O)O)CC1. The number of halogens is 2. The minimum atomic E-state index is -2.98. The number of carbonyl (C=O) groups excluding carboxylic acids is 1. The van der Waals surface area contributed by atoms with Gasteiger partial charge in [0, 0.05) is 5.56 Å². The van der Waals surface area contributed by atoms with Gasteiger partial charge in [-0.2, -0.15) is 8.78 Å². The van der Waals surface area contributed by atoms with E-state index in [2.05, 4.69) is 10.1 Å². The van der Waals surface area contributed by atoms with E-state index >= 15 is 0 Å². The smallest absolute Gasteiger partial charge is 0.387 e. The molecule has 0 saturated heterocycles. The molecule has 1 aliphatic carbocycles. The highest BCUT2D eigenvalue weighted by atomic mass is 19.3. The molecular weight excluding hydrogens is 272 g/mol. The van der Waals surface area contributed by atoms with Crippen molar-refractivity contribution in [2.75, 3.05) is 0 Å². The number of rotatable bonds is 6. The Balaban J connectivity index is 2.03. The minimum Gasteiger partial charge on any atom is -0.480 e. The van der Waals surface area contributed by atoms with Crippen LogP contribution < -0.4 is 10.1 Å². The summed E-state index contributed by atoms with van der Waals surface area (Å²) >= 11 is 0. The molecule has 0 aliphatic heterocycles. The van der Waals surface area contributed by atoms with Gasteiger partial charge in [-0.1, -0.05) is 18.2 Å². The van der Waals surface area contributed by atoms with Crippen LogP contribution in [0.5, 0.6) is 5.75 Å². The first-order chi connectivity index (χ1) is 9.43. The first kappa shape index (κ1) is 14.2. The number of amides is 1. The minimum absolute atomic E-state index is 0.0854. The average molecular weight is 285 g/mol. The molecule has 0 bridgehead atoms. The highest BCUT2D eigenvalue weighted by molar-refractivity contribution is 5.90. The number of nitrogens with one attached hydrogen (secondary N) is 1. The van der Waals surface area contributed by atoms with Crippen LogP contribution in [0.25, 0.3) is 0 Å². The van der Waals surface area contributed by atoms with E-state index in [1.54, 1.807) is 6.07 Å². The lowest BCUT2D eigenvalue weighted by atomic mass is 10.1. The normalized spacial score (nSPS) is 15.8. The van der Waals surface area contributed by atoms with E-state index in [1.165, 1.54) is 18.2 Å². The molecule has 1 fully saturated rings. The topological polar surface area (TPSA) is 75.6 Å². The van der Waals surface area contributed by atoms with Crippen LogP contribution in [0.1, 0.15) is 18.4 Å². The van der Waals surface area contributed by atoms with E-state index in [0.717, 1.165) is 0 Å². The number of benzene rings is 1. The van der Waals surface area contributed by atoms with Crippen LogP contribution in [-0.2, 0) is 16.0 Å². The number of carbonyl (C=O) groups is 2. The van der Waals surface area contributed by atoms with Crippen molar-refractivity contribution in [3.8, 4) is 5.75 Å². The Morgan fingerprint density at radius 3 is 2.55 bits per heavy atom. The zero-order valence-corrected chi connectivity index (χ0v) is 10.4. The molecule has 0 atom stereocenters. The van der Waals surface area contributed by atoms with Gasteiger partial charge in [-0.15, -0.1) is 0 Å². The van der Waals surface area contributed by atoms with Gasteiger partial charge >= 0.3 is 12.6 Å². The lowest BCUT2D eigenvalue weighted by molar-refractivity contribution is -0.143. The highest BCUT2D eigenvalue weighted by Gasteiger charge is 2.51. The molecule has 20 heavy (non-hydrogen) atoms. The lowest BCUT2D eigenvalue weighted by Gasteiger charge is -2.14. The van der Waals surface area contributed by atoms with Gasteiger partial charge in [0.05, 0.1) is 6.42 Å². The van der Waals surface area contributed by atoms with Crippen molar-refractivity contribution in [3.63, 3.8) is 0 Å². The van der Waals surface area contributed by atoms with Crippen molar-refractivity contribution in [2.45, 2.75) is 31.4 Å². The van der Waals surface area contributed by atoms with Crippen LogP contribution in [0.2, 0.25) is 0 Å². The molecule has 0 heterocycles. The van der Waals surface area contributed by atoms with Gasteiger partial charge in [0.2, 0.25) is 5.91 Å². The summed E-state index contributed by atoms with van der Waals surface area (Å²) < 4.78 is 28.8. The molecule has 0 spiro atoms. The monoisotopic (exact) mass is 285 g/mol. The van der Waals surface area contributed by atoms with Gasteiger partial charge in [0.25, 0.3) is 0 Å². The fraction of sp³-hybridized carbons (Fsp3) is 0.385. The van der Waals surface area contributed by atoms with Crippen LogP contribution in [0, 0.1) is 0 Å². The maximum atomic E-state index is 12.2. The number of hydrogen-bond acceptors (Lipinski definition) is 3. The second-order valence-corrected chi connectivity index (χ2v) is 4.60. The predicted octanol–water partition coefficient (Wildman–Crippen LogP) is 1.56. The summed E-state index contributed by atoms with van der Waals surface area (Å²) in [5.41, 5.74) is -0.901. The molecule has 1 aliphatic rings. The van der Waals surface area contributed by atoms with Gasteiger partial charge in [0.1, 0.15) is 11.3 Å². The quantitative estimate of drug-likeness (QED) is 0.831. The highest BCUT2D eigenvalue weighted by Crippen LogP contribution is 2.35. The van der Waals surface area contributed by atoms with Gasteiger partial charge in [-0.05, 0) is 18.9 Å². The molecule has 1 aromatic rings. The van der Waals surface area contributed by atoms with Gasteiger partial charge in [-0.3, -0.25) is 4.79 Å². The van der Waals surface area contributed by atoms with E-state index < -0.39 is 24.0 Å². The van der Waals surface area contributed by atoms with E-state index in [-0.39, 0.29) is 17.7 Å². The number of alkyl halides is 2. The number of carboxylic acids is 1. The number of aliphatic carboxylic acids is 1. The van der Waals surface area contributed by atoms with Crippen molar-refractivity contribution >= 4 is 11.9 Å². The van der Waals surface area contributed by atoms with E-state index in [0.29, 0.717) is 12.8 Å². The average Bonchev–Trinajstić information content (AvgIpc) is 3.12. The van der Waals surface area contributed by atoms with Crippen LogP contribution >= 0.6 is 0 Å². The summed E-state index contributed by atoms with van der Waals surface area (Å²) in [6.45, 7) is -2.98. The Hall–Kier alpha value is -2.18. The predicted molar refractivity (Wildman–Crippen MR) is 64.5 cm³/mol. The van der Waals surface area contributed by atoms with Crippen LogP contribution in [0.3, 0.4) is 0 Å². The van der Waals surface area contributed by atoms with Crippen LogP contribution in [-0.4, -0.2) is 29.1 Å².